The van der Waals surface area contributed by atoms with Gasteiger partial charge in [-0.1, -0.05) is 38.5 Å². The highest BCUT2D eigenvalue weighted by Crippen LogP contribution is 2.42. The van der Waals surface area contributed by atoms with Crippen molar-refractivity contribution in [2.45, 2.75) is 89.1 Å². The van der Waals surface area contributed by atoms with Crippen molar-refractivity contribution in [1.29, 1.82) is 0 Å². The normalized spacial score (nSPS) is 37.2. The third-order valence-electron chi connectivity index (χ3n) is 6.73. The van der Waals surface area contributed by atoms with Gasteiger partial charge < -0.3 is 10.6 Å². The zero-order valence-electron chi connectivity index (χ0n) is 14.3. The van der Waals surface area contributed by atoms with Crippen LogP contribution in [0.4, 0.5) is 0 Å². The van der Waals surface area contributed by atoms with Crippen LogP contribution in [0.2, 0.25) is 0 Å². The van der Waals surface area contributed by atoms with Gasteiger partial charge in [-0.05, 0) is 50.4 Å². The van der Waals surface area contributed by atoms with Gasteiger partial charge in [0.15, 0.2) is 0 Å². The van der Waals surface area contributed by atoms with Gasteiger partial charge in [-0.25, -0.2) is 0 Å². The molecule has 0 spiro atoms. The van der Waals surface area contributed by atoms with Gasteiger partial charge in [-0.2, -0.15) is 0 Å². The van der Waals surface area contributed by atoms with Gasteiger partial charge in [0.25, 0.3) is 0 Å². The number of amides is 1. The molecule has 2 N–H and O–H groups in total. The Hall–Kier alpha value is -0.570. The third-order valence-corrected chi connectivity index (χ3v) is 6.73. The Morgan fingerprint density at radius 2 is 1.41 bits per heavy atom. The fourth-order valence-electron chi connectivity index (χ4n) is 5.28. The summed E-state index contributed by atoms with van der Waals surface area (Å²) in [5.41, 5.74) is 6.38. The second kappa shape index (κ2) is 7.33. The molecule has 3 heteroatoms. The topological polar surface area (TPSA) is 46.3 Å². The van der Waals surface area contributed by atoms with Crippen LogP contribution in [0.5, 0.6) is 0 Å². The van der Waals surface area contributed by atoms with E-state index in [0.29, 0.717) is 29.8 Å². The zero-order chi connectivity index (χ0) is 15.5. The van der Waals surface area contributed by atoms with Gasteiger partial charge >= 0.3 is 0 Å². The lowest BCUT2D eigenvalue weighted by Crippen LogP contribution is -2.50. The van der Waals surface area contributed by atoms with Crippen molar-refractivity contribution in [3.63, 3.8) is 0 Å². The number of carbonyl (C=O) groups is 1. The predicted molar refractivity (Wildman–Crippen MR) is 90.4 cm³/mol. The minimum absolute atomic E-state index is 0.255. The van der Waals surface area contributed by atoms with Crippen LogP contribution in [0.1, 0.15) is 77.0 Å². The monoisotopic (exact) mass is 306 g/mol. The second-order valence-electron chi connectivity index (χ2n) is 8.14. The maximum Gasteiger partial charge on any atom is 0.225 e. The number of hydrogen-bond donors (Lipinski definition) is 1. The van der Waals surface area contributed by atoms with Gasteiger partial charge in [0.2, 0.25) is 5.91 Å². The van der Waals surface area contributed by atoms with Crippen molar-refractivity contribution < 1.29 is 4.79 Å². The van der Waals surface area contributed by atoms with Gasteiger partial charge in [0, 0.05) is 25.0 Å². The van der Waals surface area contributed by atoms with E-state index in [4.69, 9.17) is 5.73 Å². The molecule has 3 rings (SSSR count). The summed E-state index contributed by atoms with van der Waals surface area (Å²) in [7, 11) is 2.07. The van der Waals surface area contributed by atoms with E-state index >= 15 is 0 Å². The largest absolute Gasteiger partial charge is 0.343 e. The zero-order valence-corrected chi connectivity index (χ0v) is 14.3. The van der Waals surface area contributed by atoms with Crippen LogP contribution in [-0.4, -0.2) is 29.9 Å². The van der Waals surface area contributed by atoms with Crippen molar-refractivity contribution in [3.8, 4) is 0 Å². The highest BCUT2D eigenvalue weighted by atomic mass is 16.2. The first kappa shape index (κ1) is 16.3. The molecular weight excluding hydrogens is 272 g/mol. The highest BCUT2D eigenvalue weighted by Gasteiger charge is 2.41. The molecule has 0 aromatic heterocycles. The molecule has 3 saturated carbocycles. The SMILES string of the molecule is CN(C(=O)C1CC2CCCC(C1)C2N)C1CCCCCCC1. The summed E-state index contributed by atoms with van der Waals surface area (Å²) in [4.78, 5) is 15.1. The number of nitrogens with two attached hydrogens (primary N) is 1. The van der Waals surface area contributed by atoms with E-state index < -0.39 is 0 Å². The first-order valence-electron chi connectivity index (χ1n) is 9.69. The average Bonchev–Trinajstić information content (AvgIpc) is 2.45. The third kappa shape index (κ3) is 3.50. The summed E-state index contributed by atoms with van der Waals surface area (Å²) in [5.74, 6) is 1.89. The molecule has 1 amide bonds. The van der Waals surface area contributed by atoms with E-state index in [9.17, 15) is 4.79 Å². The van der Waals surface area contributed by atoms with Crippen LogP contribution in [0.3, 0.4) is 0 Å². The molecule has 0 aromatic carbocycles. The van der Waals surface area contributed by atoms with Crippen molar-refractivity contribution in [2.75, 3.05) is 7.05 Å². The molecule has 126 valence electrons. The summed E-state index contributed by atoms with van der Waals surface area (Å²) < 4.78 is 0. The van der Waals surface area contributed by atoms with E-state index in [1.165, 1.54) is 64.2 Å². The molecule has 22 heavy (non-hydrogen) atoms. The first-order chi connectivity index (χ1) is 10.7. The minimum atomic E-state index is 0.255. The van der Waals surface area contributed by atoms with E-state index in [2.05, 4.69) is 11.9 Å². The van der Waals surface area contributed by atoms with Crippen molar-refractivity contribution in [3.05, 3.63) is 0 Å². The second-order valence-corrected chi connectivity index (χ2v) is 8.14. The quantitative estimate of drug-likeness (QED) is 0.845. The number of rotatable bonds is 2. The van der Waals surface area contributed by atoms with Crippen LogP contribution in [0.25, 0.3) is 0 Å². The average molecular weight is 306 g/mol. The molecule has 3 aliphatic rings. The van der Waals surface area contributed by atoms with Crippen LogP contribution in [0, 0.1) is 17.8 Å². The Balaban J connectivity index is 1.60. The summed E-state index contributed by atoms with van der Waals surface area (Å²) in [6.45, 7) is 0. The number of nitrogens with zero attached hydrogens (tertiary/aromatic N) is 1. The molecule has 2 unspecified atom stereocenters. The Morgan fingerprint density at radius 1 is 0.864 bits per heavy atom. The molecule has 0 heterocycles. The first-order valence-corrected chi connectivity index (χ1v) is 9.69. The van der Waals surface area contributed by atoms with E-state index in [-0.39, 0.29) is 5.92 Å². The van der Waals surface area contributed by atoms with E-state index in [1.54, 1.807) is 0 Å². The van der Waals surface area contributed by atoms with Crippen LogP contribution >= 0.6 is 0 Å². The van der Waals surface area contributed by atoms with E-state index in [0.717, 1.165) is 12.8 Å². The summed E-state index contributed by atoms with van der Waals surface area (Å²) in [5, 5.41) is 0. The van der Waals surface area contributed by atoms with Gasteiger partial charge in [-0.15, -0.1) is 0 Å². The fourth-order valence-corrected chi connectivity index (χ4v) is 5.28. The molecule has 0 aliphatic heterocycles. The van der Waals surface area contributed by atoms with Crippen LogP contribution in [0.15, 0.2) is 0 Å². The van der Waals surface area contributed by atoms with Crippen LogP contribution < -0.4 is 5.73 Å². The number of fused-ring (bicyclic) bond motifs is 2. The predicted octanol–water partition coefficient (Wildman–Crippen LogP) is 3.71. The summed E-state index contributed by atoms with van der Waals surface area (Å²) in [6, 6.07) is 0.854. The molecule has 3 aliphatic carbocycles. The molecule has 2 bridgehead atoms. The van der Waals surface area contributed by atoms with Gasteiger partial charge in [-0.3, -0.25) is 4.79 Å². The van der Waals surface area contributed by atoms with Crippen molar-refractivity contribution in [2.24, 2.45) is 23.5 Å². The minimum Gasteiger partial charge on any atom is -0.343 e. The van der Waals surface area contributed by atoms with Gasteiger partial charge in [0.05, 0.1) is 0 Å². The number of hydrogen-bond acceptors (Lipinski definition) is 2. The lowest BCUT2D eigenvalue weighted by atomic mass is 9.65. The molecule has 3 nitrogen and oxygen atoms in total. The maximum atomic E-state index is 13.0. The Kier molecular flexibility index (Phi) is 5.43. The summed E-state index contributed by atoms with van der Waals surface area (Å²) >= 11 is 0. The fraction of sp³-hybridized carbons (Fsp3) is 0.947. The molecule has 0 radical (unpaired) electrons. The number of carbonyl (C=O) groups excluding carboxylic acids is 1. The smallest absolute Gasteiger partial charge is 0.225 e. The van der Waals surface area contributed by atoms with Crippen LogP contribution in [-0.2, 0) is 4.79 Å². The highest BCUT2D eigenvalue weighted by molar-refractivity contribution is 5.79. The van der Waals surface area contributed by atoms with E-state index in [1.807, 2.05) is 0 Å². The molecule has 3 fully saturated rings. The van der Waals surface area contributed by atoms with Crippen molar-refractivity contribution in [1.82, 2.24) is 4.90 Å². The van der Waals surface area contributed by atoms with Gasteiger partial charge in [0.1, 0.15) is 0 Å². The lowest BCUT2D eigenvalue weighted by Gasteiger charge is -2.45. The standard InChI is InChI=1S/C19H34N2O/c1-21(17-10-5-3-2-4-6-11-17)19(22)16-12-14-8-7-9-15(13-16)18(14)20/h14-18H,2-13,20H2,1H3. The Bertz CT molecular complexity index is 362. The van der Waals surface area contributed by atoms with Crippen molar-refractivity contribution >= 4 is 5.91 Å². The molecule has 0 saturated heterocycles. The Morgan fingerprint density at radius 3 is 2.00 bits per heavy atom. The lowest BCUT2D eigenvalue weighted by molar-refractivity contribution is -0.139. The molecule has 2 atom stereocenters. The maximum absolute atomic E-state index is 13.0. The Labute approximate surface area is 136 Å². The molecular formula is C19H34N2O. The molecule has 0 aromatic rings. The summed E-state index contributed by atoms with van der Waals surface area (Å²) in [6.07, 6.45) is 15.0.